The molecule has 9 heteroatoms. The maximum atomic E-state index is 12.5. The van der Waals surface area contributed by atoms with Crippen LogP contribution >= 0.6 is 0 Å². The molecule has 0 unspecified atom stereocenters. The Morgan fingerprint density at radius 2 is 1.66 bits per heavy atom. The van der Waals surface area contributed by atoms with Crippen molar-refractivity contribution in [1.29, 1.82) is 0 Å². The van der Waals surface area contributed by atoms with Gasteiger partial charge in [-0.3, -0.25) is 19.3 Å². The zero-order chi connectivity index (χ0) is 20.8. The Labute approximate surface area is 169 Å². The minimum atomic E-state index is -0.462. The molecule has 2 saturated heterocycles. The molecule has 1 aromatic carbocycles. The highest BCUT2D eigenvalue weighted by Gasteiger charge is 2.30. The summed E-state index contributed by atoms with van der Waals surface area (Å²) in [7, 11) is 0. The Bertz CT molecular complexity index is 760. The molecule has 29 heavy (non-hydrogen) atoms. The van der Waals surface area contributed by atoms with Gasteiger partial charge >= 0.3 is 0 Å². The van der Waals surface area contributed by atoms with E-state index < -0.39 is 5.91 Å². The van der Waals surface area contributed by atoms with Crippen molar-refractivity contribution in [2.45, 2.75) is 26.7 Å². The van der Waals surface area contributed by atoms with Crippen molar-refractivity contribution >= 4 is 29.1 Å². The molecule has 0 atom stereocenters. The maximum absolute atomic E-state index is 12.5. The highest BCUT2D eigenvalue weighted by Crippen LogP contribution is 2.39. The molecule has 2 heterocycles. The number of nitrogens with zero attached hydrogens (tertiary/aromatic N) is 2. The van der Waals surface area contributed by atoms with Crippen LogP contribution in [0.2, 0.25) is 0 Å². The Morgan fingerprint density at radius 3 is 2.28 bits per heavy atom. The van der Waals surface area contributed by atoms with Crippen LogP contribution < -0.4 is 19.7 Å². The fourth-order valence-corrected chi connectivity index (χ4v) is 3.38. The number of morpholine rings is 1. The van der Waals surface area contributed by atoms with Crippen LogP contribution in [-0.4, -0.2) is 68.7 Å². The number of hydrogen-bond acceptors (Lipinski definition) is 7. The molecule has 0 aliphatic carbocycles. The lowest BCUT2D eigenvalue weighted by atomic mass is 10.2. The van der Waals surface area contributed by atoms with Crippen LogP contribution in [0.15, 0.2) is 12.1 Å². The fraction of sp³-hybridized carbons (Fsp3) is 0.550. The van der Waals surface area contributed by atoms with Crippen molar-refractivity contribution in [2.75, 3.05) is 56.3 Å². The van der Waals surface area contributed by atoms with E-state index >= 15 is 0 Å². The molecule has 1 N–H and O–H groups in total. The number of hydrogen-bond donors (Lipinski definition) is 1. The first kappa shape index (κ1) is 20.9. The average Bonchev–Trinajstić information content (AvgIpc) is 3.02. The van der Waals surface area contributed by atoms with Crippen molar-refractivity contribution < 1.29 is 28.6 Å². The Hall–Kier alpha value is -2.81. The summed E-state index contributed by atoms with van der Waals surface area (Å²) in [6.07, 6.45) is 0.304. The zero-order valence-corrected chi connectivity index (χ0v) is 16.9. The Kier molecular flexibility index (Phi) is 6.92. The standard InChI is InChI=1S/C20H27N3O6/c1-3-28-16-12-15(22-7-9-27-10-8-22)17(29-4-2)11-14(16)21-18(24)13-23-19(25)5-6-20(23)26/h11-12H,3-10,13H2,1-2H3,(H,21,24). The average molecular weight is 405 g/mol. The van der Waals surface area contributed by atoms with Crippen LogP contribution in [0.1, 0.15) is 26.7 Å². The van der Waals surface area contributed by atoms with E-state index in [1.54, 1.807) is 6.07 Å². The SMILES string of the molecule is CCOc1cc(N2CCOCC2)c(OCC)cc1NC(=O)CN1C(=O)CCC1=O. The first-order valence-corrected chi connectivity index (χ1v) is 9.92. The smallest absolute Gasteiger partial charge is 0.244 e. The van der Waals surface area contributed by atoms with E-state index in [1.165, 1.54) is 0 Å². The van der Waals surface area contributed by atoms with Crippen molar-refractivity contribution in [2.24, 2.45) is 0 Å². The van der Waals surface area contributed by atoms with Gasteiger partial charge in [0.15, 0.2) is 0 Å². The first-order chi connectivity index (χ1) is 14.0. The molecule has 9 nitrogen and oxygen atoms in total. The third-order valence-corrected chi connectivity index (χ3v) is 4.74. The van der Waals surface area contributed by atoms with E-state index in [9.17, 15) is 14.4 Å². The van der Waals surface area contributed by atoms with Gasteiger partial charge in [0.05, 0.1) is 37.8 Å². The van der Waals surface area contributed by atoms with E-state index in [-0.39, 0.29) is 31.2 Å². The lowest BCUT2D eigenvalue weighted by molar-refractivity contribution is -0.141. The number of benzene rings is 1. The third-order valence-electron chi connectivity index (χ3n) is 4.74. The number of ether oxygens (including phenoxy) is 3. The Balaban J connectivity index is 1.84. The number of anilines is 2. The molecule has 2 aliphatic rings. The number of nitrogens with one attached hydrogen (secondary N) is 1. The number of likely N-dealkylation sites (tertiary alicyclic amines) is 1. The summed E-state index contributed by atoms with van der Waals surface area (Å²) < 4.78 is 17.0. The second-order valence-corrected chi connectivity index (χ2v) is 6.70. The predicted octanol–water partition coefficient (Wildman–Crippen LogP) is 1.41. The Morgan fingerprint density at radius 1 is 1.03 bits per heavy atom. The minimum absolute atomic E-state index is 0.152. The van der Waals surface area contributed by atoms with E-state index in [1.807, 2.05) is 19.9 Å². The molecule has 3 rings (SSSR count). The van der Waals surface area contributed by atoms with E-state index in [0.717, 1.165) is 23.7 Å². The minimum Gasteiger partial charge on any atom is -0.492 e. The summed E-state index contributed by atoms with van der Waals surface area (Å²) in [6, 6.07) is 3.58. The molecule has 0 spiro atoms. The van der Waals surface area contributed by atoms with Crippen LogP contribution in [-0.2, 0) is 19.1 Å². The second kappa shape index (κ2) is 9.60. The highest BCUT2D eigenvalue weighted by atomic mass is 16.5. The van der Waals surface area contributed by atoms with E-state index in [4.69, 9.17) is 14.2 Å². The number of amides is 3. The number of carbonyl (C=O) groups is 3. The predicted molar refractivity (Wildman–Crippen MR) is 106 cm³/mol. The third kappa shape index (κ3) is 4.97. The van der Waals surface area contributed by atoms with Gasteiger partial charge in [0.1, 0.15) is 18.0 Å². The molecule has 0 radical (unpaired) electrons. The quantitative estimate of drug-likeness (QED) is 0.653. The van der Waals surface area contributed by atoms with Crippen LogP contribution in [0, 0.1) is 0 Å². The maximum Gasteiger partial charge on any atom is 0.244 e. The van der Waals surface area contributed by atoms with Gasteiger partial charge in [-0.25, -0.2) is 0 Å². The molecule has 2 fully saturated rings. The summed E-state index contributed by atoms with van der Waals surface area (Å²) >= 11 is 0. The molecule has 1 aromatic rings. The summed E-state index contributed by atoms with van der Waals surface area (Å²) in [5, 5.41) is 2.76. The lowest BCUT2D eigenvalue weighted by Gasteiger charge is -2.31. The van der Waals surface area contributed by atoms with Gasteiger partial charge < -0.3 is 24.4 Å². The first-order valence-electron chi connectivity index (χ1n) is 9.92. The highest BCUT2D eigenvalue weighted by molar-refractivity contribution is 6.06. The van der Waals surface area contributed by atoms with Crippen molar-refractivity contribution in [3.05, 3.63) is 12.1 Å². The van der Waals surface area contributed by atoms with Crippen LogP contribution in [0.3, 0.4) is 0 Å². The normalized spacial score (nSPS) is 16.9. The van der Waals surface area contributed by atoms with Crippen LogP contribution in [0.25, 0.3) is 0 Å². The lowest BCUT2D eigenvalue weighted by Crippen LogP contribution is -2.37. The van der Waals surface area contributed by atoms with Gasteiger partial charge in [-0.1, -0.05) is 0 Å². The van der Waals surface area contributed by atoms with Crippen molar-refractivity contribution in [1.82, 2.24) is 4.90 Å². The topological polar surface area (TPSA) is 97.4 Å². The van der Waals surface area contributed by atoms with E-state index in [2.05, 4.69) is 10.2 Å². The van der Waals surface area contributed by atoms with Crippen LogP contribution in [0.5, 0.6) is 11.5 Å². The largest absolute Gasteiger partial charge is 0.492 e. The van der Waals surface area contributed by atoms with Gasteiger partial charge in [-0.15, -0.1) is 0 Å². The van der Waals surface area contributed by atoms with Gasteiger partial charge in [0, 0.05) is 38.1 Å². The van der Waals surface area contributed by atoms with Gasteiger partial charge in [-0.2, -0.15) is 0 Å². The van der Waals surface area contributed by atoms with Gasteiger partial charge in [0.25, 0.3) is 0 Å². The van der Waals surface area contributed by atoms with Gasteiger partial charge in [0.2, 0.25) is 17.7 Å². The summed E-state index contributed by atoms with van der Waals surface area (Å²) in [5.41, 5.74) is 1.32. The number of rotatable bonds is 8. The van der Waals surface area contributed by atoms with Crippen molar-refractivity contribution in [3.8, 4) is 11.5 Å². The molecular formula is C20H27N3O6. The van der Waals surface area contributed by atoms with Crippen LogP contribution in [0.4, 0.5) is 11.4 Å². The molecule has 0 saturated carbocycles. The second-order valence-electron chi connectivity index (χ2n) is 6.70. The molecular weight excluding hydrogens is 378 g/mol. The van der Waals surface area contributed by atoms with Gasteiger partial charge in [-0.05, 0) is 13.8 Å². The molecule has 0 aromatic heterocycles. The monoisotopic (exact) mass is 405 g/mol. The molecule has 0 bridgehead atoms. The van der Waals surface area contributed by atoms with Crippen molar-refractivity contribution in [3.63, 3.8) is 0 Å². The number of carbonyl (C=O) groups excluding carboxylic acids is 3. The molecule has 3 amide bonds. The molecule has 2 aliphatic heterocycles. The zero-order valence-electron chi connectivity index (χ0n) is 16.9. The molecule has 158 valence electrons. The summed E-state index contributed by atoms with van der Waals surface area (Å²) in [6.45, 7) is 7.06. The summed E-state index contributed by atoms with van der Waals surface area (Å²) in [5.74, 6) is 0.0168. The fourth-order valence-electron chi connectivity index (χ4n) is 3.38. The summed E-state index contributed by atoms with van der Waals surface area (Å²) in [4.78, 5) is 39.2. The number of imide groups is 1. The van der Waals surface area contributed by atoms with E-state index in [0.29, 0.717) is 43.6 Å².